The van der Waals surface area contributed by atoms with E-state index in [2.05, 4.69) is 22.6 Å². The molecule has 1 aromatic heterocycles. The average molecular weight is 383 g/mol. The third-order valence-electron chi connectivity index (χ3n) is 6.66. The number of carbonyl (C=O) groups is 1. The molecule has 4 nitrogen and oxygen atoms in total. The van der Waals surface area contributed by atoms with E-state index in [0.29, 0.717) is 5.76 Å². The first kappa shape index (κ1) is 17.4. The van der Waals surface area contributed by atoms with Gasteiger partial charge in [-0.3, -0.25) is 4.79 Å². The molecule has 6 rings (SSSR count). The number of nitrogens with one attached hydrogen (secondary N) is 1. The number of rotatable bonds is 5. The van der Waals surface area contributed by atoms with E-state index in [1.54, 1.807) is 11.8 Å². The number of hydrogen-bond acceptors (Lipinski definition) is 4. The highest BCUT2D eigenvalue weighted by Gasteiger charge is 2.51. The molecule has 1 amide bonds. The van der Waals surface area contributed by atoms with Crippen LogP contribution in [0.4, 0.5) is 0 Å². The topological polar surface area (TPSA) is 55.1 Å². The number of nitrogens with zero attached hydrogens (tertiary/aromatic N) is 1. The van der Waals surface area contributed by atoms with Crippen LogP contribution in [0.3, 0.4) is 0 Å². The maximum absolute atomic E-state index is 13.1. The minimum absolute atomic E-state index is 0.00606. The van der Waals surface area contributed by atoms with Crippen LogP contribution in [0.15, 0.2) is 39.8 Å². The molecule has 5 heteroatoms. The van der Waals surface area contributed by atoms with Crippen LogP contribution in [0.25, 0.3) is 0 Å². The summed E-state index contributed by atoms with van der Waals surface area (Å²) in [6.45, 7) is 1.92. The van der Waals surface area contributed by atoms with E-state index in [0.717, 1.165) is 53.4 Å². The monoisotopic (exact) mass is 382 g/mol. The summed E-state index contributed by atoms with van der Waals surface area (Å²) in [6.07, 6.45) is 7.54. The summed E-state index contributed by atoms with van der Waals surface area (Å²) in [4.78, 5) is 14.0. The van der Waals surface area contributed by atoms with Crippen molar-refractivity contribution in [1.29, 1.82) is 0 Å². The van der Waals surface area contributed by atoms with Crippen LogP contribution in [0.5, 0.6) is 0 Å². The second-order valence-electron chi connectivity index (χ2n) is 8.85. The quantitative estimate of drug-likeness (QED) is 0.742. The Morgan fingerprint density at radius 2 is 1.78 bits per heavy atom. The second kappa shape index (κ2) is 6.69. The zero-order valence-corrected chi connectivity index (χ0v) is 16.6. The fourth-order valence-electron chi connectivity index (χ4n) is 5.97. The number of aromatic nitrogens is 1. The predicted octanol–water partition coefficient (Wildman–Crippen LogP) is 4.97. The van der Waals surface area contributed by atoms with Crippen LogP contribution in [0.2, 0.25) is 0 Å². The molecule has 0 atom stereocenters. The molecular formula is C22H26N2O2S. The van der Waals surface area contributed by atoms with Crippen molar-refractivity contribution >= 4 is 17.7 Å². The van der Waals surface area contributed by atoms with Crippen molar-refractivity contribution in [2.24, 2.45) is 17.8 Å². The highest BCUT2D eigenvalue weighted by molar-refractivity contribution is 7.98. The number of hydrogen-bond donors (Lipinski definition) is 1. The van der Waals surface area contributed by atoms with Crippen molar-refractivity contribution < 1.29 is 9.32 Å². The van der Waals surface area contributed by atoms with Gasteiger partial charge in [0.2, 0.25) is 5.76 Å². The number of thioether (sulfide) groups is 1. The highest BCUT2D eigenvalue weighted by atomic mass is 32.2. The lowest BCUT2D eigenvalue weighted by Gasteiger charge is -2.56. The van der Waals surface area contributed by atoms with Gasteiger partial charge in [-0.15, -0.1) is 11.8 Å². The Balaban J connectivity index is 1.32. The summed E-state index contributed by atoms with van der Waals surface area (Å²) >= 11 is 1.64. The zero-order chi connectivity index (χ0) is 18.4. The molecule has 1 aromatic carbocycles. The number of aryl methyl sites for hydroxylation is 1. The molecule has 0 saturated heterocycles. The lowest BCUT2D eigenvalue weighted by Crippen LogP contribution is -2.59. The SMILES string of the molecule is Cc1noc(C(=O)NC23CC4CC(CC(C4)C2)C3)c1SCc1ccccc1. The minimum Gasteiger partial charge on any atom is -0.350 e. The fraction of sp³-hybridized carbons (Fsp3) is 0.545. The van der Waals surface area contributed by atoms with Crippen LogP contribution in [0, 0.1) is 24.7 Å². The van der Waals surface area contributed by atoms with Crippen LogP contribution in [0.1, 0.15) is 60.3 Å². The summed E-state index contributed by atoms with van der Waals surface area (Å²) in [5, 5.41) is 7.49. The molecule has 4 fully saturated rings. The van der Waals surface area contributed by atoms with Crippen LogP contribution in [-0.2, 0) is 5.75 Å². The summed E-state index contributed by atoms with van der Waals surface area (Å²) < 4.78 is 5.48. The van der Waals surface area contributed by atoms with Crippen molar-refractivity contribution in [2.45, 2.75) is 61.6 Å². The van der Waals surface area contributed by atoms with Crippen molar-refractivity contribution in [3.63, 3.8) is 0 Å². The van der Waals surface area contributed by atoms with Crippen LogP contribution < -0.4 is 5.32 Å². The second-order valence-corrected chi connectivity index (χ2v) is 9.84. The Hall–Kier alpha value is -1.75. The largest absolute Gasteiger partial charge is 0.350 e. The van der Waals surface area contributed by atoms with Gasteiger partial charge in [0.1, 0.15) is 0 Å². The Morgan fingerprint density at radius 3 is 2.41 bits per heavy atom. The molecule has 0 unspecified atom stereocenters. The Labute approximate surface area is 164 Å². The molecule has 0 radical (unpaired) electrons. The maximum atomic E-state index is 13.1. The van der Waals surface area contributed by atoms with Crippen LogP contribution in [-0.4, -0.2) is 16.6 Å². The smallest absolute Gasteiger partial charge is 0.291 e. The molecule has 4 aliphatic rings. The molecule has 2 aromatic rings. The van der Waals surface area contributed by atoms with Gasteiger partial charge in [0.25, 0.3) is 5.91 Å². The van der Waals surface area contributed by atoms with E-state index < -0.39 is 0 Å². The van der Waals surface area contributed by atoms with Gasteiger partial charge in [0.05, 0.1) is 10.6 Å². The zero-order valence-electron chi connectivity index (χ0n) is 15.7. The van der Waals surface area contributed by atoms with Gasteiger partial charge in [0.15, 0.2) is 0 Å². The predicted molar refractivity (Wildman–Crippen MR) is 106 cm³/mol. The summed E-state index contributed by atoms with van der Waals surface area (Å²) in [5.74, 6) is 3.54. The van der Waals surface area contributed by atoms with Gasteiger partial charge in [-0.1, -0.05) is 35.5 Å². The first-order valence-electron chi connectivity index (χ1n) is 10.1. The standard InChI is InChI=1S/C22H26N2O2S/c1-14-20(27-13-15-5-3-2-4-6-15)19(26-24-14)21(25)23-22-10-16-7-17(11-22)9-18(8-16)12-22/h2-6,16-18H,7-13H2,1H3,(H,23,25). The van der Waals surface area contributed by atoms with E-state index in [1.807, 2.05) is 25.1 Å². The highest BCUT2D eigenvalue weighted by Crippen LogP contribution is 2.55. The van der Waals surface area contributed by atoms with E-state index >= 15 is 0 Å². The third kappa shape index (κ3) is 3.31. The first-order valence-corrected chi connectivity index (χ1v) is 11.0. The molecule has 4 bridgehead atoms. The van der Waals surface area contributed by atoms with Crippen molar-refractivity contribution in [3.8, 4) is 0 Å². The average Bonchev–Trinajstić information content (AvgIpc) is 3.00. The van der Waals surface area contributed by atoms with E-state index in [4.69, 9.17) is 4.52 Å². The molecule has 142 valence electrons. The third-order valence-corrected chi connectivity index (χ3v) is 7.91. The van der Waals surface area contributed by atoms with Gasteiger partial charge < -0.3 is 9.84 Å². The van der Waals surface area contributed by atoms with E-state index in [-0.39, 0.29) is 11.4 Å². The lowest BCUT2D eigenvalue weighted by atomic mass is 9.53. The van der Waals surface area contributed by atoms with Gasteiger partial charge >= 0.3 is 0 Å². The molecule has 0 spiro atoms. The molecule has 27 heavy (non-hydrogen) atoms. The van der Waals surface area contributed by atoms with E-state index in [1.165, 1.54) is 24.8 Å². The number of carbonyl (C=O) groups excluding carboxylic acids is 1. The first-order chi connectivity index (χ1) is 13.1. The Bertz CT molecular complexity index is 810. The molecule has 1 N–H and O–H groups in total. The van der Waals surface area contributed by atoms with E-state index in [9.17, 15) is 4.79 Å². The number of amides is 1. The minimum atomic E-state index is -0.0758. The lowest BCUT2D eigenvalue weighted by molar-refractivity contribution is -0.0173. The fourth-order valence-corrected chi connectivity index (χ4v) is 6.98. The molecule has 4 aliphatic carbocycles. The molecule has 4 saturated carbocycles. The Kier molecular flexibility index (Phi) is 4.30. The van der Waals surface area contributed by atoms with Gasteiger partial charge in [-0.05, 0) is 68.8 Å². The number of benzene rings is 1. The van der Waals surface area contributed by atoms with Crippen LogP contribution >= 0.6 is 11.8 Å². The molecule has 1 heterocycles. The summed E-state index contributed by atoms with van der Waals surface area (Å²) in [6, 6.07) is 10.3. The maximum Gasteiger partial charge on any atom is 0.291 e. The van der Waals surface area contributed by atoms with Crippen molar-refractivity contribution in [2.75, 3.05) is 0 Å². The van der Waals surface area contributed by atoms with Crippen molar-refractivity contribution in [3.05, 3.63) is 47.3 Å². The van der Waals surface area contributed by atoms with Gasteiger partial charge in [0, 0.05) is 11.3 Å². The molecular weight excluding hydrogens is 356 g/mol. The summed E-state index contributed by atoms with van der Waals surface area (Å²) in [5.41, 5.74) is 2.02. The van der Waals surface area contributed by atoms with Gasteiger partial charge in [-0.25, -0.2) is 0 Å². The molecule has 0 aliphatic heterocycles. The normalized spacial score (nSPS) is 31.2. The van der Waals surface area contributed by atoms with Gasteiger partial charge in [-0.2, -0.15) is 0 Å². The Morgan fingerprint density at radius 1 is 1.15 bits per heavy atom. The van der Waals surface area contributed by atoms with Crippen molar-refractivity contribution in [1.82, 2.24) is 10.5 Å². The summed E-state index contributed by atoms with van der Waals surface area (Å²) in [7, 11) is 0.